The van der Waals surface area contributed by atoms with Gasteiger partial charge in [0.1, 0.15) is 0 Å². The molecule has 1 heterocycles. The summed E-state index contributed by atoms with van der Waals surface area (Å²) in [6.07, 6.45) is 0. The average Bonchev–Trinajstić information content (AvgIpc) is 2.17. The van der Waals surface area contributed by atoms with Gasteiger partial charge in [0.2, 0.25) is 0 Å². The highest BCUT2D eigenvalue weighted by Gasteiger charge is 2.33. The summed E-state index contributed by atoms with van der Waals surface area (Å²) in [4.78, 5) is 0. The van der Waals surface area contributed by atoms with Crippen molar-refractivity contribution < 1.29 is 9.31 Å². The van der Waals surface area contributed by atoms with Gasteiger partial charge in [-0.25, -0.2) is 0 Å². The first-order chi connectivity index (χ1) is 7.07. The molecule has 1 fully saturated rings. The maximum atomic E-state index is 5.71. The zero-order valence-corrected chi connectivity index (χ0v) is 9.62. The number of benzene rings is 1. The lowest BCUT2D eigenvalue weighted by molar-refractivity contribution is 0.0343. The van der Waals surface area contributed by atoms with Crippen molar-refractivity contribution in [3.63, 3.8) is 0 Å². The third-order valence-corrected chi connectivity index (χ3v) is 2.57. The molecule has 0 aromatic heterocycles. The molecule has 0 amide bonds. The summed E-state index contributed by atoms with van der Waals surface area (Å²) in [5, 5.41) is 0. The summed E-state index contributed by atoms with van der Waals surface area (Å²) < 4.78 is 11.4. The van der Waals surface area contributed by atoms with Gasteiger partial charge in [-0.3, -0.25) is 0 Å². The van der Waals surface area contributed by atoms with Gasteiger partial charge in [0.25, 0.3) is 0 Å². The predicted octanol–water partition coefficient (Wildman–Crippen LogP) is 1.76. The molecule has 0 bridgehead atoms. The molecule has 80 valence electrons. The van der Waals surface area contributed by atoms with Gasteiger partial charge in [0.15, 0.2) is 0 Å². The molecule has 1 aromatic rings. The highest BCUT2D eigenvalue weighted by Crippen LogP contribution is 2.21. The molecular weight excluding hydrogens is 187 g/mol. The van der Waals surface area contributed by atoms with Crippen LogP contribution < -0.4 is 5.46 Å². The molecule has 2 nitrogen and oxygen atoms in total. The van der Waals surface area contributed by atoms with E-state index in [4.69, 9.17) is 9.31 Å². The van der Waals surface area contributed by atoms with Crippen molar-refractivity contribution in [3.8, 4) is 0 Å². The summed E-state index contributed by atoms with van der Waals surface area (Å²) >= 11 is 0. The van der Waals surface area contributed by atoms with Gasteiger partial charge in [-0.1, -0.05) is 43.7 Å². The Balaban J connectivity index is 2.08. The second kappa shape index (κ2) is 3.99. The Morgan fingerprint density at radius 2 is 1.87 bits per heavy atom. The summed E-state index contributed by atoms with van der Waals surface area (Å²) in [6.45, 7) is 7.90. The van der Waals surface area contributed by atoms with Gasteiger partial charge < -0.3 is 9.31 Å². The minimum Gasteiger partial charge on any atom is -0.407 e. The van der Waals surface area contributed by atoms with Gasteiger partial charge in [-0.2, -0.15) is 0 Å². The topological polar surface area (TPSA) is 18.5 Å². The maximum absolute atomic E-state index is 5.71. The van der Waals surface area contributed by atoms with Crippen LogP contribution in [0.4, 0.5) is 0 Å². The molecule has 0 spiro atoms. The van der Waals surface area contributed by atoms with Crippen molar-refractivity contribution in [3.05, 3.63) is 29.8 Å². The van der Waals surface area contributed by atoms with E-state index in [9.17, 15) is 0 Å². The Hall–Kier alpha value is -0.795. The zero-order chi connectivity index (χ0) is 10.9. The van der Waals surface area contributed by atoms with Crippen LogP contribution >= 0.6 is 0 Å². The second-order valence-corrected chi connectivity index (χ2v) is 5.03. The lowest BCUT2D eigenvalue weighted by Gasteiger charge is -2.33. The predicted molar refractivity (Wildman–Crippen MR) is 62.3 cm³/mol. The molecule has 1 saturated heterocycles. The molecule has 0 saturated carbocycles. The molecule has 2 rings (SSSR count). The van der Waals surface area contributed by atoms with E-state index in [1.807, 2.05) is 6.07 Å². The van der Waals surface area contributed by atoms with Crippen LogP contribution in [0.1, 0.15) is 19.4 Å². The van der Waals surface area contributed by atoms with E-state index in [0.717, 1.165) is 18.7 Å². The van der Waals surface area contributed by atoms with Crippen molar-refractivity contribution in [2.45, 2.75) is 20.8 Å². The van der Waals surface area contributed by atoms with Crippen molar-refractivity contribution in [1.82, 2.24) is 0 Å². The van der Waals surface area contributed by atoms with E-state index in [0.29, 0.717) is 0 Å². The van der Waals surface area contributed by atoms with Gasteiger partial charge in [0, 0.05) is 18.6 Å². The van der Waals surface area contributed by atoms with Crippen LogP contribution in [0, 0.1) is 12.3 Å². The van der Waals surface area contributed by atoms with Gasteiger partial charge in [0.05, 0.1) is 0 Å². The fourth-order valence-electron chi connectivity index (χ4n) is 1.70. The van der Waals surface area contributed by atoms with Gasteiger partial charge in [-0.15, -0.1) is 0 Å². The monoisotopic (exact) mass is 204 g/mol. The van der Waals surface area contributed by atoms with Gasteiger partial charge >= 0.3 is 7.12 Å². The van der Waals surface area contributed by atoms with Crippen molar-refractivity contribution in [1.29, 1.82) is 0 Å². The smallest absolute Gasteiger partial charge is 0.407 e. The first-order valence-electron chi connectivity index (χ1n) is 5.37. The molecular formula is C12H17BO2. The molecule has 0 unspecified atom stereocenters. The fourth-order valence-corrected chi connectivity index (χ4v) is 1.70. The Morgan fingerprint density at radius 3 is 2.47 bits per heavy atom. The normalized spacial score (nSPS) is 20.3. The van der Waals surface area contributed by atoms with E-state index in [-0.39, 0.29) is 12.5 Å². The quantitative estimate of drug-likeness (QED) is 0.649. The molecule has 1 aliphatic heterocycles. The number of rotatable bonds is 1. The second-order valence-electron chi connectivity index (χ2n) is 5.03. The maximum Gasteiger partial charge on any atom is 0.493 e. The third-order valence-electron chi connectivity index (χ3n) is 2.57. The van der Waals surface area contributed by atoms with E-state index in [2.05, 4.69) is 39.0 Å². The van der Waals surface area contributed by atoms with Crippen molar-refractivity contribution in [2.75, 3.05) is 13.2 Å². The number of aryl methyl sites for hydroxylation is 1. The SMILES string of the molecule is Cc1cccc(B2OCC(C)(C)CO2)c1. The van der Waals surface area contributed by atoms with Crippen LogP contribution in [0.15, 0.2) is 24.3 Å². The van der Waals surface area contributed by atoms with Crippen molar-refractivity contribution in [2.24, 2.45) is 5.41 Å². The minimum absolute atomic E-state index is 0.139. The summed E-state index contributed by atoms with van der Waals surface area (Å²) in [5.74, 6) is 0. The van der Waals surface area contributed by atoms with Gasteiger partial charge in [-0.05, 0) is 12.4 Å². The lowest BCUT2D eigenvalue weighted by atomic mass is 9.75. The molecule has 1 aromatic carbocycles. The Labute approximate surface area is 91.7 Å². The van der Waals surface area contributed by atoms with Crippen LogP contribution in [0.2, 0.25) is 0 Å². The highest BCUT2D eigenvalue weighted by atomic mass is 16.6. The van der Waals surface area contributed by atoms with Crippen molar-refractivity contribution >= 4 is 12.6 Å². The van der Waals surface area contributed by atoms with E-state index in [1.165, 1.54) is 5.56 Å². The molecule has 1 aliphatic rings. The third kappa shape index (κ3) is 2.61. The molecule has 15 heavy (non-hydrogen) atoms. The first kappa shape index (κ1) is 10.7. The average molecular weight is 204 g/mol. The summed E-state index contributed by atoms with van der Waals surface area (Å²) in [7, 11) is -0.182. The molecule has 0 atom stereocenters. The Morgan fingerprint density at radius 1 is 1.20 bits per heavy atom. The molecule has 3 heteroatoms. The van der Waals surface area contributed by atoms with E-state index < -0.39 is 0 Å². The van der Waals surface area contributed by atoms with Crippen LogP contribution in [0.3, 0.4) is 0 Å². The van der Waals surface area contributed by atoms with Crippen LogP contribution in [-0.2, 0) is 9.31 Å². The van der Waals surface area contributed by atoms with Crippen LogP contribution in [-0.4, -0.2) is 20.3 Å². The molecule has 0 radical (unpaired) electrons. The molecule has 0 N–H and O–H groups in total. The standard InChI is InChI=1S/C12H17BO2/c1-10-5-4-6-11(7-10)13-14-8-12(2,3)9-15-13/h4-7H,8-9H2,1-3H3. The Bertz CT molecular complexity index is 339. The minimum atomic E-state index is -0.182. The van der Waals surface area contributed by atoms with Crippen LogP contribution in [0.5, 0.6) is 0 Å². The fraction of sp³-hybridized carbons (Fsp3) is 0.500. The van der Waals surface area contributed by atoms with E-state index in [1.54, 1.807) is 0 Å². The number of hydrogen-bond donors (Lipinski definition) is 0. The first-order valence-corrected chi connectivity index (χ1v) is 5.37. The summed E-state index contributed by atoms with van der Waals surface area (Å²) in [5.41, 5.74) is 2.50. The van der Waals surface area contributed by atoms with E-state index >= 15 is 0 Å². The summed E-state index contributed by atoms with van der Waals surface area (Å²) in [6, 6.07) is 8.28. The number of hydrogen-bond acceptors (Lipinski definition) is 2. The lowest BCUT2D eigenvalue weighted by Crippen LogP contribution is -2.47. The Kier molecular flexibility index (Phi) is 2.85. The zero-order valence-electron chi connectivity index (χ0n) is 9.62. The van der Waals surface area contributed by atoms with Crippen LogP contribution in [0.25, 0.3) is 0 Å². The largest absolute Gasteiger partial charge is 0.493 e. The highest BCUT2D eigenvalue weighted by molar-refractivity contribution is 6.61. The molecule has 0 aliphatic carbocycles.